The summed E-state index contributed by atoms with van der Waals surface area (Å²) in [6.07, 6.45) is 4.76. The third-order valence-corrected chi connectivity index (χ3v) is 11.4. The summed E-state index contributed by atoms with van der Waals surface area (Å²) in [5, 5.41) is 15.4. The number of amides is 3. The average molecular weight is 603 g/mol. The number of nitrogens with zero attached hydrogens (tertiary/aromatic N) is 2. The Kier molecular flexibility index (Phi) is 10.0. The summed E-state index contributed by atoms with van der Waals surface area (Å²) in [4.78, 5) is 46.1. The van der Waals surface area contributed by atoms with Crippen molar-refractivity contribution in [1.29, 1.82) is 0 Å². The van der Waals surface area contributed by atoms with Crippen molar-refractivity contribution in [1.82, 2.24) is 15.1 Å². The number of rotatable bonds is 14. The Hall–Kier alpha value is -2.34. The van der Waals surface area contributed by atoms with Crippen LogP contribution in [0.1, 0.15) is 52.4 Å². The van der Waals surface area contributed by atoms with Crippen LogP contribution in [0.2, 0.25) is 0 Å². The van der Waals surface area contributed by atoms with Crippen LogP contribution < -0.4 is 15.4 Å². The predicted molar refractivity (Wildman–Crippen MR) is 163 cm³/mol. The average Bonchev–Trinajstić information content (AvgIpc) is 3.55. The molecule has 4 fully saturated rings. The Morgan fingerprint density at radius 3 is 2.52 bits per heavy atom. The van der Waals surface area contributed by atoms with Gasteiger partial charge in [0.2, 0.25) is 17.7 Å². The van der Waals surface area contributed by atoms with Crippen LogP contribution in [0.5, 0.6) is 5.75 Å². The zero-order chi connectivity index (χ0) is 29.7. The van der Waals surface area contributed by atoms with E-state index in [1.165, 1.54) is 0 Å². The van der Waals surface area contributed by atoms with E-state index in [0.29, 0.717) is 38.6 Å². The molecular formula is C31H46N4O6S. The molecule has 0 aliphatic carbocycles. The fraction of sp³-hybridized carbons (Fsp3) is 0.710. The maximum absolute atomic E-state index is 14.2. The van der Waals surface area contributed by atoms with E-state index in [-0.39, 0.29) is 24.3 Å². The van der Waals surface area contributed by atoms with Gasteiger partial charge in [-0.2, -0.15) is 0 Å². The SMILES string of the molecule is CCOc1ccc(NC(=O)[C@@H]2[C@H]3C(=O)N(CCCCCCO)C(C(=O)NCCN4CCOCC4)C34CC[C@@]2(C)S4)cc1. The van der Waals surface area contributed by atoms with Crippen LogP contribution >= 0.6 is 11.8 Å². The van der Waals surface area contributed by atoms with Gasteiger partial charge >= 0.3 is 0 Å². The number of ether oxygens (including phenoxy) is 2. The maximum Gasteiger partial charge on any atom is 0.244 e. The molecular weight excluding hydrogens is 556 g/mol. The van der Waals surface area contributed by atoms with Crippen LogP contribution in [-0.4, -0.2) is 107 Å². The first-order chi connectivity index (χ1) is 20.3. The molecule has 232 valence electrons. The number of nitrogens with one attached hydrogen (secondary N) is 2. The number of likely N-dealkylation sites (tertiary alicyclic amines) is 1. The number of benzene rings is 1. The van der Waals surface area contributed by atoms with Crippen molar-refractivity contribution in [2.45, 2.75) is 67.9 Å². The molecule has 2 bridgehead atoms. The highest BCUT2D eigenvalue weighted by atomic mass is 32.2. The van der Waals surface area contributed by atoms with Crippen molar-refractivity contribution in [3.05, 3.63) is 24.3 Å². The van der Waals surface area contributed by atoms with Gasteiger partial charge in [-0.25, -0.2) is 0 Å². The van der Waals surface area contributed by atoms with Gasteiger partial charge in [0.25, 0.3) is 0 Å². The van der Waals surface area contributed by atoms with Gasteiger partial charge in [-0.1, -0.05) is 12.8 Å². The summed E-state index contributed by atoms with van der Waals surface area (Å²) < 4.78 is 9.92. The standard InChI is InChI=1S/C31H46N4O6S/c1-3-41-23-10-8-22(9-11-23)33-27(37)24-25-29(39)35(15-6-4-5-7-19-36)26(31(25)13-12-30(24,2)42-31)28(38)32-14-16-34-17-20-40-21-18-34/h8-11,24-26,36H,3-7,12-21H2,1-2H3,(H,32,38)(H,33,37)/t24-,25-,26?,30+,31?/m0/s1. The van der Waals surface area contributed by atoms with E-state index in [9.17, 15) is 14.4 Å². The quantitative estimate of drug-likeness (QED) is 0.278. The first-order valence-corrected chi connectivity index (χ1v) is 16.4. The number of thioether (sulfide) groups is 1. The number of fused-ring (bicyclic) bond motifs is 1. The Labute approximate surface area is 253 Å². The molecule has 4 aliphatic heterocycles. The number of hydrogen-bond acceptors (Lipinski definition) is 8. The van der Waals surface area contributed by atoms with E-state index in [4.69, 9.17) is 14.6 Å². The number of carbonyl (C=O) groups excluding carboxylic acids is 3. The molecule has 5 rings (SSSR count). The minimum absolute atomic E-state index is 0.0757. The molecule has 1 aromatic carbocycles. The minimum atomic E-state index is -0.624. The van der Waals surface area contributed by atoms with Crippen molar-refractivity contribution in [3.8, 4) is 5.75 Å². The number of carbonyl (C=O) groups is 3. The van der Waals surface area contributed by atoms with Crippen LogP contribution in [0.25, 0.3) is 0 Å². The largest absolute Gasteiger partial charge is 0.494 e. The lowest BCUT2D eigenvalue weighted by atomic mass is 9.66. The van der Waals surface area contributed by atoms with E-state index < -0.39 is 27.4 Å². The molecule has 4 saturated heterocycles. The fourth-order valence-electron chi connectivity index (χ4n) is 7.40. The smallest absolute Gasteiger partial charge is 0.244 e. The van der Waals surface area contributed by atoms with E-state index in [1.807, 2.05) is 31.2 Å². The fourth-order valence-corrected chi connectivity index (χ4v) is 9.75. The van der Waals surface area contributed by atoms with E-state index in [0.717, 1.165) is 63.9 Å². The zero-order valence-electron chi connectivity index (χ0n) is 24.9. The number of aliphatic hydroxyl groups excluding tert-OH is 1. The molecule has 0 saturated carbocycles. The lowest BCUT2D eigenvalue weighted by Gasteiger charge is -2.35. The molecule has 0 radical (unpaired) electrons. The van der Waals surface area contributed by atoms with Crippen molar-refractivity contribution in [2.75, 3.05) is 64.5 Å². The van der Waals surface area contributed by atoms with Crippen LogP contribution in [0.4, 0.5) is 5.69 Å². The van der Waals surface area contributed by atoms with Crippen LogP contribution in [0.15, 0.2) is 24.3 Å². The normalized spacial score (nSPS) is 30.4. The summed E-state index contributed by atoms with van der Waals surface area (Å²) in [7, 11) is 0. The zero-order valence-corrected chi connectivity index (χ0v) is 25.8. The highest BCUT2D eigenvalue weighted by Crippen LogP contribution is 2.71. The predicted octanol–water partition coefficient (Wildman–Crippen LogP) is 2.51. The van der Waals surface area contributed by atoms with Crippen LogP contribution in [0.3, 0.4) is 0 Å². The Balaban J connectivity index is 1.34. The first-order valence-electron chi connectivity index (χ1n) is 15.6. The second-order valence-corrected chi connectivity index (χ2v) is 14.0. The van der Waals surface area contributed by atoms with Gasteiger partial charge in [-0.05, 0) is 63.8 Å². The molecule has 10 nitrogen and oxygen atoms in total. The molecule has 5 atom stereocenters. The van der Waals surface area contributed by atoms with Crippen LogP contribution in [0, 0.1) is 11.8 Å². The van der Waals surface area contributed by atoms with Gasteiger partial charge < -0.3 is 30.1 Å². The summed E-state index contributed by atoms with van der Waals surface area (Å²) in [5.74, 6) is -0.688. The van der Waals surface area contributed by atoms with E-state index >= 15 is 0 Å². The highest BCUT2D eigenvalue weighted by Gasteiger charge is 2.77. The van der Waals surface area contributed by atoms with Gasteiger partial charge in [0, 0.05) is 49.8 Å². The number of aliphatic hydroxyl groups is 1. The third-order valence-electron chi connectivity index (χ3n) is 9.38. The van der Waals surface area contributed by atoms with Gasteiger partial charge in [0.05, 0.1) is 36.4 Å². The molecule has 3 amide bonds. The lowest BCUT2D eigenvalue weighted by Crippen LogP contribution is -2.54. The van der Waals surface area contributed by atoms with E-state index in [2.05, 4.69) is 22.5 Å². The first kappa shape index (κ1) is 31.1. The Morgan fingerprint density at radius 2 is 1.81 bits per heavy atom. The minimum Gasteiger partial charge on any atom is -0.494 e. The van der Waals surface area contributed by atoms with Crippen molar-refractivity contribution in [3.63, 3.8) is 0 Å². The van der Waals surface area contributed by atoms with Crippen molar-refractivity contribution >= 4 is 35.2 Å². The molecule has 2 unspecified atom stereocenters. The van der Waals surface area contributed by atoms with E-state index in [1.54, 1.807) is 16.7 Å². The van der Waals surface area contributed by atoms with Crippen molar-refractivity contribution < 1.29 is 29.0 Å². The molecule has 1 aromatic rings. The summed E-state index contributed by atoms with van der Waals surface area (Å²) in [6, 6.07) is 6.69. The Bertz CT molecular complexity index is 1120. The second-order valence-electron chi connectivity index (χ2n) is 12.1. The second kappa shape index (κ2) is 13.5. The van der Waals surface area contributed by atoms with Gasteiger partial charge in [-0.15, -0.1) is 11.8 Å². The Morgan fingerprint density at radius 1 is 1.07 bits per heavy atom. The summed E-state index contributed by atoms with van der Waals surface area (Å²) >= 11 is 1.70. The highest BCUT2D eigenvalue weighted by molar-refractivity contribution is 8.02. The van der Waals surface area contributed by atoms with Gasteiger partial charge in [0.1, 0.15) is 11.8 Å². The van der Waals surface area contributed by atoms with Crippen LogP contribution in [-0.2, 0) is 19.1 Å². The number of morpholine rings is 1. The van der Waals surface area contributed by atoms with Gasteiger partial charge in [-0.3, -0.25) is 19.3 Å². The molecule has 0 aromatic heterocycles. The summed E-state index contributed by atoms with van der Waals surface area (Å²) in [5.41, 5.74) is 0.664. The third kappa shape index (κ3) is 6.16. The number of unbranched alkanes of at least 4 members (excludes halogenated alkanes) is 3. The van der Waals surface area contributed by atoms with Gasteiger partial charge in [0.15, 0.2) is 0 Å². The molecule has 4 aliphatic rings. The molecule has 1 spiro atoms. The molecule has 3 N–H and O–H groups in total. The monoisotopic (exact) mass is 602 g/mol. The molecule has 4 heterocycles. The topological polar surface area (TPSA) is 120 Å². The maximum atomic E-state index is 14.2. The lowest BCUT2D eigenvalue weighted by molar-refractivity contribution is -0.139. The van der Waals surface area contributed by atoms with Crippen molar-refractivity contribution in [2.24, 2.45) is 11.8 Å². The molecule has 11 heteroatoms. The number of anilines is 1. The number of hydrogen-bond donors (Lipinski definition) is 3. The summed E-state index contributed by atoms with van der Waals surface area (Å²) in [6.45, 7) is 9.58. The molecule has 42 heavy (non-hydrogen) atoms.